The first-order valence-electron chi connectivity index (χ1n) is 5.10. The fraction of sp³-hybridized carbons (Fsp3) is 0.154. The van der Waals surface area contributed by atoms with Gasteiger partial charge in [0.2, 0.25) is 11.8 Å². The Balaban J connectivity index is 2.58. The van der Waals surface area contributed by atoms with Gasteiger partial charge in [-0.25, -0.2) is 0 Å². The van der Waals surface area contributed by atoms with Crippen LogP contribution in [0.2, 0.25) is 0 Å². The summed E-state index contributed by atoms with van der Waals surface area (Å²) in [5, 5.41) is 0. The summed E-state index contributed by atoms with van der Waals surface area (Å²) in [6, 6.07) is 11.9. The van der Waals surface area contributed by atoms with Crippen LogP contribution in [0.1, 0.15) is 0 Å². The maximum Gasteiger partial charge on any atom is 0.231 e. The molecule has 0 saturated heterocycles. The summed E-state index contributed by atoms with van der Waals surface area (Å²) in [6.45, 7) is 0. The molecule has 3 nitrogen and oxygen atoms in total. The van der Waals surface area contributed by atoms with Crippen molar-refractivity contribution in [3.8, 4) is 22.9 Å². The molecule has 0 fully saturated rings. The molecule has 2 rings (SSSR count). The number of ether oxygens (including phenoxy) is 2. The molecule has 0 aliphatic carbocycles. The summed E-state index contributed by atoms with van der Waals surface area (Å²) in [4.78, 5) is 4.29. The number of benzene rings is 1. The van der Waals surface area contributed by atoms with Crippen LogP contribution in [-0.4, -0.2) is 19.2 Å². The Bertz CT molecular complexity index is 514. The summed E-state index contributed by atoms with van der Waals surface area (Å²) in [7, 11) is 3.18. The first-order chi connectivity index (χ1) is 8.26. The van der Waals surface area contributed by atoms with Crippen LogP contribution in [0.5, 0.6) is 11.8 Å². The predicted molar refractivity (Wildman–Crippen MR) is 70.5 cm³/mol. The number of methoxy groups -OCH3 is 2. The van der Waals surface area contributed by atoms with E-state index in [0.29, 0.717) is 11.8 Å². The van der Waals surface area contributed by atoms with E-state index < -0.39 is 0 Å². The largest absolute Gasteiger partial charge is 0.480 e. The number of nitrogens with zero attached hydrogens (tertiary/aromatic N) is 1. The minimum atomic E-state index is 0.515. The summed E-state index contributed by atoms with van der Waals surface area (Å²) in [6.07, 6.45) is 0. The van der Waals surface area contributed by atoms with Gasteiger partial charge in [-0.05, 0) is 27.6 Å². The molecule has 88 valence electrons. The molecule has 0 radical (unpaired) electrons. The molecule has 0 N–H and O–H groups in total. The van der Waals surface area contributed by atoms with Crippen molar-refractivity contribution in [2.75, 3.05) is 14.2 Å². The zero-order chi connectivity index (χ0) is 12.3. The monoisotopic (exact) mass is 293 g/mol. The highest BCUT2D eigenvalue weighted by atomic mass is 79.9. The zero-order valence-corrected chi connectivity index (χ0v) is 11.2. The lowest BCUT2D eigenvalue weighted by atomic mass is 10.1. The second-order valence-corrected chi connectivity index (χ2v) is 4.26. The van der Waals surface area contributed by atoms with Gasteiger partial charge >= 0.3 is 0 Å². The predicted octanol–water partition coefficient (Wildman–Crippen LogP) is 3.53. The molecule has 2 aromatic rings. The average molecular weight is 294 g/mol. The maximum absolute atomic E-state index is 5.29. The molecule has 0 saturated carbocycles. The number of rotatable bonds is 3. The average Bonchev–Trinajstić information content (AvgIpc) is 2.39. The van der Waals surface area contributed by atoms with Crippen LogP contribution in [0.4, 0.5) is 0 Å². The van der Waals surface area contributed by atoms with Crippen LogP contribution in [0.25, 0.3) is 11.1 Å². The highest BCUT2D eigenvalue weighted by molar-refractivity contribution is 9.10. The third-order valence-corrected chi connectivity index (χ3v) is 2.95. The fourth-order valence-electron chi connectivity index (χ4n) is 1.58. The molecule has 1 heterocycles. The smallest absolute Gasteiger partial charge is 0.231 e. The molecule has 1 aromatic carbocycles. The van der Waals surface area contributed by atoms with Gasteiger partial charge in [0, 0.05) is 5.56 Å². The minimum Gasteiger partial charge on any atom is -0.480 e. The molecule has 0 aliphatic rings. The third kappa shape index (κ3) is 2.42. The Hall–Kier alpha value is -1.55. The van der Waals surface area contributed by atoms with Crippen LogP contribution in [-0.2, 0) is 0 Å². The van der Waals surface area contributed by atoms with Gasteiger partial charge in [0.1, 0.15) is 0 Å². The summed E-state index contributed by atoms with van der Waals surface area (Å²) >= 11 is 3.42. The van der Waals surface area contributed by atoms with Gasteiger partial charge in [0.15, 0.2) is 0 Å². The molecular formula is C13H12BrNO2. The molecule has 0 aliphatic heterocycles. The molecule has 0 atom stereocenters. The van der Waals surface area contributed by atoms with Crippen LogP contribution in [0.15, 0.2) is 40.9 Å². The number of hydrogen-bond acceptors (Lipinski definition) is 3. The Kier molecular flexibility index (Phi) is 3.64. The van der Waals surface area contributed by atoms with E-state index >= 15 is 0 Å². The van der Waals surface area contributed by atoms with Gasteiger partial charge in [-0.1, -0.05) is 30.3 Å². The van der Waals surface area contributed by atoms with E-state index in [-0.39, 0.29) is 0 Å². The maximum atomic E-state index is 5.29. The van der Waals surface area contributed by atoms with Crippen LogP contribution >= 0.6 is 15.9 Å². The summed E-state index contributed by atoms with van der Waals surface area (Å²) in [5.74, 6) is 1.07. The van der Waals surface area contributed by atoms with E-state index in [2.05, 4.69) is 20.9 Å². The third-order valence-electron chi connectivity index (χ3n) is 2.38. The van der Waals surface area contributed by atoms with E-state index in [0.717, 1.165) is 15.6 Å². The highest BCUT2D eigenvalue weighted by Gasteiger charge is 2.12. The molecule has 0 bridgehead atoms. The van der Waals surface area contributed by atoms with Gasteiger partial charge in [-0.2, -0.15) is 4.98 Å². The van der Waals surface area contributed by atoms with Crippen LogP contribution < -0.4 is 9.47 Å². The van der Waals surface area contributed by atoms with Crippen molar-refractivity contribution < 1.29 is 9.47 Å². The van der Waals surface area contributed by atoms with Crippen molar-refractivity contribution in [3.63, 3.8) is 0 Å². The SMILES string of the molecule is COc1nc(OC)c(-c2ccccc2)cc1Br. The van der Waals surface area contributed by atoms with Crippen molar-refractivity contribution in [1.82, 2.24) is 4.98 Å². The topological polar surface area (TPSA) is 31.4 Å². The molecule has 0 unspecified atom stereocenters. The van der Waals surface area contributed by atoms with E-state index in [1.165, 1.54) is 0 Å². The standard InChI is InChI=1S/C13H12BrNO2/c1-16-12-10(9-6-4-3-5-7-9)8-11(14)13(15-12)17-2/h3-8H,1-2H3. The quantitative estimate of drug-likeness (QED) is 0.868. The molecule has 0 amide bonds. The van der Waals surface area contributed by atoms with Crippen LogP contribution in [0, 0.1) is 0 Å². The number of halogens is 1. The van der Waals surface area contributed by atoms with Crippen molar-refractivity contribution in [2.45, 2.75) is 0 Å². The lowest BCUT2D eigenvalue weighted by Gasteiger charge is -2.10. The van der Waals surface area contributed by atoms with Crippen molar-refractivity contribution in [3.05, 3.63) is 40.9 Å². The van der Waals surface area contributed by atoms with E-state index in [1.807, 2.05) is 36.4 Å². The van der Waals surface area contributed by atoms with E-state index in [9.17, 15) is 0 Å². The zero-order valence-electron chi connectivity index (χ0n) is 9.61. The van der Waals surface area contributed by atoms with E-state index in [4.69, 9.17) is 9.47 Å². The number of hydrogen-bond donors (Lipinski definition) is 0. The Morgan fingerprint density at radius 3 is 2.24 bits per heavy atom. The Morgan fingerprint density at radius 2 is 1.65 bits per heavy atom. The molecule has 1 aromatic heterocycles. The lowest BCUT2D eigenvalue weighted by molar-refractivity contribution is 0.364. The highest BCUT2D eigenvalue weighted by Crippen LogP contribution is 2.35. The first kappa shape index (κ1) is 11.9. The molecular weight excluding hydrogens is 282 g/mol. The van der Waals surface area contributed by atoms with Gasteiger partial charge < -0.3 is 9.47 Å². The van der Waals surface area contributed by atoms with Gasteiger partial charge in [0.05, 0.1) is 18.7 Å². The Morgan fingerprint density at radius 1 is 1.00 bits per heavy atom. The molecule has 4 heteroatoms. The summed E-state index contributed by atoms with van der Waals surface area (Å²) in [5.41, 5.74) is 1.99. The van der Waals surface area contributed by atoms with Gasteiger partial charge in [0.25, 0.3) is 0 Å². The van der Waals surface area contributed by atoms with Gasteiger partial charge in [-0.15, -0.1) is 0 Å². The normalized spacial score (nSPS) is 10.1. The summed E-state index contributed by atoms with van der Waals surface area (Å²) < 4.78 is 11.2. The first-order valence-corrected chi connectivity index (χ1v) is 5.89. The van der Waals surface area contributed by atoms with Gasteiger partial charge in [-0.3, -0.25) is 0 Å². The van der Waals surface area contributed by atoms with Crippen molar-refractivity contribution >= 4 is 15.9 Å². The van der Waals surface area contributed by atoms with Crippen molar-refractivity contribution in [2.24, 2.45) is 0 Å². The second-order valence-electron chi connectivity index (χ2n) is 3.40. The van der Waals surface area contributed by atoms with Crippen LogP contribution in [0.3, 0.4) is 0 Å². The Labute approximate surface area is 109 Å². The molecule has 0 spiro atoms. The minimum absolute atomic E-state index is 0.515. The number of aromatic nitrogens is 1. The lowest BCUT2D eigenvalue weighted by Crippen LogP contribution is -1.96. The van der Waals surface area contributed by atoms with E-state index in [1.54, 1.807) is 14.2 Å². The molecule has 17 heavy (non-hydrogen) atoms. The van der Waals surface area contributed by atoms with Crippen molar-refractivity contribution in [1.29, 1.82) is 0 Å². The fourth-order valence-corrected chi connectivity index (χ4v) is 2.06. The second kappa shape index (κ2) is 5.19. The number of pyridine rings is 1.